The van der Waals surface area contributed by atoms with Gasteiger partial charge in [-0.1, -0.05) is 6.07 Å². The SMILES string of the molecule is CNc1cccc(Oc2ccc(NC(=O)C3CCC(C(C)=O)CC3)cc2)c1. The second-order valence-electron chi connectivity index (χ2n) is 7.05. The van der Waals surface area contributed by atoms with Crippen molar-refractivity contribution in [2.45, 2.75) is 32.6 Å². The summed E-state index contributed by atoms with van der Waals surface area (Å²) < 4.78 is 5.85. The zero-order valence-electron chi connectivity index (χ0n) is 15.8. The molecule has 1 fully saturated rings. The van der Waals surface area contributed by atoms with E-state index in [0.29, 0.717) is 5.75 Å². The maximum Gasteiger partial charge on any atom is 0.227 e. The summed E-state index contributed by atoms with van der Waals surface area (Å²) in [5.41, 5.74) is 1.74. The van der Waals surface area contributed by atoms with E-state index in [-0.39, 0.29) is 23.5 Å². The number of Topliss-reactive ketones (excluding diaryl/α,β-unsaturated/α-hetero) is 1. The summed E-state index contributed by atoms with van der Waals surface area (Å²) in [5, 5.41) is 6.05. The lowest BCUT2D eigenvalue weighted by Crippen LogP contribution is -2.29. The normalized spacial score (nSPS) is 19.2. The van der Waals surface area contributed by atoms with Gasteiger partial charge in [-0.25, -0.2) is 0 Å². The molecular formula is C22H26N2O3. The zero-order valence-corrected chi connectivity index (χ0v) is 15.8. The molecule has 0 aliphatic heterocycles. The van der Waals surface area contributed by atoms with Crippen molar-refractivity contribution in [1.29, 1.82) is 0 Å². The van der Waals surface area contributed by atoms with Crippen LogP contribution in [0.4, 0.5) is 11.4 Å². The van der Waals surface area contributed by atoms with Gasteiger partial charge in [0.15, 0.2) is 0 Å². The molecule has 2 aromatic carbocycles. The number of anilines is 2. The Hall–Kier alpha value is -2.82. The van der Waals surface area contributed by atoms with Crippen molar-refractivity contribution >= 4 is 23.1 Å². The Morgan fingerprint density at radius 1 is 0.889 bits per heavy atom. The Bertz CT molecular complexity index is 793. The number of nitrogens with one attached hydrogen (secondary N) is 2. The van der Waals surface area contributed by atoms with E-state index >= 15 is 0 Å². The summed E-state index contributed by atoms with van der Waals surface area (Å²) in [4.78, 5) is 23.9. The van der Waals surface area contributed by atoms with E-state index < -0.39 is 0 Å². The van der Waals surface area contributed by atoms with E-state index in [4.69, 9.17) is 4.74 Å². The van der Waals surface area contributed by atoms with E-state index in [0.717, 1.165) is 42.8 Å². The van der Waals surface area contributed by atoms with Crippen LogP contribution in [-0.2, 0) is 9.59 Å². The van der Waals surface area contributed by atoms with Gasteiger partial charge in [0.2, 0.25) is 5.91 Å². The van der Waals surface area contributed by atoms with Crippen LogP contribution in [0.15, 0.2) is 48.5 Å². The molecule has 5 heteroatoms. The van der Waals surface area contributed by atoms with Crippen LogP contribution in [0.3, 0.4) is 0 Å². The van der Waals surface area contributed by atoms with Gasteiger partial charge in [-0.3, -0.25) is 9.59 Å². The van der Waals surface area contributed by atoms with Gasteiger partial charge in [0.1, 0.15) is 17.3 Å². The Kier molecular flexibility index (Phi) is 6.12. The predicted octanol–water partition coefficient (Wildman–Crippen LogP) is 4.85. The summed E-state index contributed by atoms with van der Waals surface area (Å²) in [6.45, 7) is 1.64. The topological polar surface area (TPSA) is 67.4 Å². The van der Waals surface area contributed by atoms with Gasteiger partial charge in [-0.2, -0.15) is 0 Å². The maximum absolute atomic E-state index is 12.5. The molecular weight excluding hydrogens is 340 g/mol. The molecule has 3 rings (SSSR count). The number of hydrogen-bond acceptors (Lipinski definition) is 4. The number of rotatable bonds is 6. The molecule has 1 aliphatic carbocycles. The molecule has 0 radical (unpaired) electrons. The first-order valence-electron chi connectivity index (χ1n) is 9.42. The average Bonchev–Trinajstić information content (AvgIpc) is 2.69. The minimum atomic E-state index is -0.0131. The molecule has 1 saturated carbocycles. The summed E-state index contributed by atoms with van der Waals surface area (Å²) in [6, 6.07) is 15.1. The fraction of sp³-hybridized carbons (Fsp3) is 0.364. The average molecular weight is 366 g/mol. The second-order valence-corrected chi connectivity index (χ2v) is 7.05. The first-order valence-corrected chi connectivity index (χ1v) is 9.42. The first-order chi connectivity index (χ1) is 13.0. The van der Waals surface area contributed by atoms with Crippen LogP contribution in [-0.4, -0.2) is 18.7 Å². The Morgan fingerprint density at radius 3 is 2.19 bits per heavy atom. The van der Waals surface area contributed by atoms with Crippen LogP contribution in [0.2, 0.25) is 0 Å². The van der Waals surface area contributed by atoms with Crippen LogP contribution in [0.5, 0.6) is 11.5 Å². The smallest absolute Gasteiger partial charge is 0.227 e. The highest BCUT2D eigenvalue weighted by atomic mass is 16.5. The van der Waals surface area contributed by atoms with Crippen molar-refractivity contribution < 1.29 is 14.3 Å². The number of benzene rings is 2. The van der Waals surface area contributed by atoms with Crippen molar-refractivity contribution in [3.05, 3.63) is 48.5 Å². The van der Waals surface area contributed by atoms with Crippen molar-refractivity contribution in [2.24, 2.45) is 11.8 Å². The fourth-order valence-corrected chi connectivity index (χ4v) is 3.46. The quantitative estimate of drug-likeness (QED) is 0.766. The van der Waals surface area contributed by atoms with Crippen molar-refractivity contribution in [3.8, 4) is 11.5 Å². The second kappa shape index (κ2) is 8.71. The van der Waals surface area contributed by atoms with Crippen molar-refractivity contribution in [2.75, 3.05) is 17.7 Å². The highest BCUT2D eigenvalue weighted by molar-refractivity contribution is 5.92. The standard InChI is InChI=1S/C22H26N2O3/c1-15(25)16-6-8-17(9-7-16)22(26)24-18-10-12-20(13-11-18)27-21-5-3-4-19(14-21)23-2/h3-5,10-14,16-17,23H,6-9H2,1-2H3,(H,24,26). The summed E-state index contributed by atoms with van der Waals surface area (Å²) in [5.74, 6) is 1.86. The molecule has 0 aromatic heterocycles. The lowest BCUT2D eigenvalue weighted by molar-refractivity contribution is -0.125. The van der Waals surface area contributed by atoms with Crippen molar-refractivity contribution in [1.82, 2.24) is 0 Å². The first kappa shape index (κ1) is 19.0. The van der Waals surface area contributed by atoms with E-state index in [1.54, 1.807) is 6.92 Å². The number of amides is 1. The third-order valence-electron chi connectivity index (χ3n) is 5.15. The third kappa shape index (κ3) is 5.09. The van der Waals surface area contributed by atoms with Gasteiger partial charge in [0, 0.05) is 36.3 Å². The number of ketones is 1. The fourth-order valence-electron chi connectivity index (χ4n) is 3.46. The number of hydrogen-bond donors (Lipinski definition) is 2. The molecule has 1 aliphatic rings. The Labute approximate surface area is 160 Å². The molecule has 1 amide bonds. The predicted molar refractivity (Wildman–Crippen MR) is 107 cm³/mol. The monoisotopic (exact) mass is 366 g/mol. The van der Waals surface area contributed by atoms with Gasteiger partial charge in [-0.05, 0) is 69.0 Å². The number of ether oxygens (including phenoxy) is 1. The number of carbonyl (C=O) groups is 2. The summed E-state index contributed by atoms with van der Waals surface area (Å²) in [7, 11) is 1.86. The van der Waals surface area contributed by atoms with Crippen LogP contribution in [0.25, 0.3) is 0 Å². The summed E-state index contributed by atoms with van der Waals surface area (Å²) >= 11 is 0. The van der Waals surface area contributed by atoms with Gasteiger partial charge in [-0.15, -0.1) is 0 Å². The van der Waals surface area contributed by atoms with Gasteiger partial charge in [0.25, 0.3) is 0 Å². The maximum atomic E-state index is 12.5. The minimum absolute atomic E-state index is 0.0131. The van der Waals surface area contributed by atoms with Crippen LogP contribution in [0, 0.1) is 11.8 Å². The highest BCUT2D eigenvalue weighted by Gasteiger charge is 2.28. The van der Waals surface area contributed by atoms with Crippen molar-refractivity contribution in [3.63, 3.8) is 0 Å². The third-order valence-corrected chi connectivity index (χ3v) is 5.15. The molecule has 0 atom stereocenters. The van der Waals surface area contributed by atoms with Crippen LogP contribution >= 0.6 is 0 Å². The van der Waals surface area contributed by atoms with Gasteiger partial charge < -0.3 is 15.4 Å². The van der Waals surface area contributed by atoms with E-state index in [9.17, 15) is 9.59 Å². The molecule has 142 valence electrons. The molecule has 27 heavy (non-hydrogen) atoms. The molecule has 5 nitrogen and oxygen atoms in total. The number of carbonyl (C=O) groups excluding carboxylic acids is 2. The van der Waals surface area contributed by atoms with Gasteiger partial charge >= 0.3 is 0 Å². The molecule has 0 bridgehead atoms. The Morgan fingerprint density at radius 2 is 1.56 bits per heavy atom. The largest absolute Gasteiger partial charge is 0.457 e. The van der Waals surface area contributed by atoms with E-state index in [2.05, 4.69) is 10.6 Å². The van der Waals surface area contributed by atoms with Gasteiger partial charge in [0.05, 0.1) is 0 Å². The Balaban J connectivity index is 1.54. The zero-order chi connectivity index (χ0) is 19.2. The summed E-state index contributed by atoms with van der Waals surface area (Å²) in [6.07, 6.45) is 3.18. The molecule has 0 saturated heterocycles. The molecule has 2 aromatic rings. The molecule has 0 heterocycles. The highest BCUT2D eigenvalue weighted by Crippen LogP contribution is 2.30. The van der Waals surface area contributed by atoms with Crippen LogP contribution < -0.4 is 15.4 Å². The lowest BCUT2D eigenvalue weighted by atomic mass is 9.80. The molecule has 0 spiro atoms. The van der Waals surface area contributed by atoms with E-state index in [1.165, 1.54) is 0 Å². The van der Waals surface area contributed by atoms with E-state index in [1.807, 2.05) is 55.6 Å². The molecule has 0 unspecified atom stereocenters. The minimum Gasteiger partial charge on any atom is -0.457 e. The lowest BCUT2D eigenvalue weighted by Gasteiger charge is -2.26. The molecule has 2 N–H and O–H groups in total. The van der Waals surface area contributed by atoms with Crippen LogP contribution in [0.1, 0.15) is 32.6 Å².